The van der Waals surface area contributed by atoms with Gasteiger partial charge in [0, 0.05) is 30.8 Å². The second-order valence-electron chi connectivity index (χ2n) is 10.9. The average Bonchev–Trinajstić information content (AvgIpc) is 3.00. The van der Waals surface area contributed by atoms with Crippen LogP contribution < -0.4 is 9.46 Å². The molecule has 3 aromatic rings. The number of benzene rings is 3. The summed E-state index contributed by atoms with van der Waals surface area (Å²) in [5, 5.41) is 9.87. The number of nitrogens with zero attached hydrogens (tertiary/aromatic N) is 2. The van der Waals surface area contributed by atoms with E-state index in [-0.39, 0.29) is 53.4 Å². The van der Waals surface area contributed by atoms with Crippen molar-refractivity contribution in [2.75, 3.05) is 31.5 Å². The summed E-state index contributed by atoms with van der Waals surface area (Å²) in [5.41, 5.74) is 1.46. The first-order valence-corrected chi connectivity index (χ1v) is 16.6. The van der Waals surface area contributed by atoms with Gasteiger partial charge in [-0.15, -0.1) is 0 Å². The van der Waals surface area contributed by atoms with Crippen molar-refractivity contribution in [2.24, 2.45) is 5.92 Å². The molecule has 1 heterocycles. The van der Waals surface area contributed by atoms with Crippen molar-refractivity contribution in [3.8, 4) is 5.75 Å². The van der Waals surface area contributed by atoms with Gasteiger partial charge >= 0.3 is 0 Å². The van der Waals surface area contributed by atoms with Crippen molar-refractivity contribution in [1.82, 2.24) is 9.21 Å². The zero-order valence-electron chi connectivity index (χ0n) is 24.4. The summed E-state index contributed by atoms with van der Waals surface area (Å²) in [6.07, 6.45) is -0.854. The third kappa shape index (κ3) is 7.53. The highest BCUT2D eigenvalue weighted by molar-refractivity contribution is 7.92. The van der Waals surface area contributed by atoms with E-state index in [1.165, 1.54) is 34.5 Å². The molecule has 0 aliphatic carbocycles. The van der Waals surface area contributed by atoms with Crippen molar-refractivity contribution < 1.29 is 35.9 Å². The molecule has 0 aromatic heterocycles. The third-order valence-corrected chi connectivity index (χ3v) is 10.7. The predicted octanol–water partition coefficient (Wildman–Crippen LogP) is 3.40. The number of aliphatic hydroxyl groups excluding tert-OH is 1. The Balaban J connectivity index is 1.68. The summed E-state index contributed by atoms with van der Waals surface area (Å²) in [6.45, 7) is 5.30. The lowest BCUT2D eigenvalue weighted by atomic mass is 10.0. The van der Waals surface area contributed by atoms with Crippen molar-refractivity contribution in [3.63, 3.8) is 0 Å². The highest BCUT2D eigenvalue weighted by atomic mass is 32.2. The zero-order chi connectivity index (χ0) is 31.5. The summed E-state index contributed by atoms with van der Waals surface area (Å²) in [5.74, 6) is -0.932. The van der Waals surface area contributed by atoms with Crippen molar-refractivity contribution in [2.45, 2.75) is 49.1 Å². The Labute approximate surface area is 252 Å². The summed E-state index contributed by atoms with van der Waals surface area (Å²) in [4.78, 5) is 15.0. The van der Waals surface area contributed by atoms with Gasteiger partial charge < -0.3 is 14.7 Å². The number of nitrogens with one attached hydrogen (secondary N) is 1. The molecule has 1 aliphatic heterocycles. The van der Waals surface area contributed by atoms with Gasteiger partial charge in [-0.1, -0.05) is 24.6 Å². The second-order valence-corrected chi connectivity index (χ2v) is 14.6. The van der Waals surface area contributed by atoms with E-state index in [2.05, 4.69) is 4.72 Å². The molecule has 0 spiro atoms. The Morgan fingerprint density at radius 3 is 2.30 bits per heavy atom. The monoisotopic (exact) mass is 633 g/mol. The van der Waals surface area contributed by atoms with Crippen LogP contribution in [0, 0.1) is 18.7 Å². The van der Waals surface area contributed by atoms with Gasteiger partial charge in [0.1, 0.15) is 17.7 Å². The fourth-order valence-corrected chi connectivity index (χ4v) is 7.01. The minimum Gasteiger partial charge on any atom is -0.488 e. The van der Waals surface area contributed by atoms with Gasteiger partial charge in [-0.3, -0.25) is 9.52 Å². The number of sulfonamides is 2. The van der Waals surface area contributed by atoms with Crippen LogP contribution in [0.5, 0.6) is 5.75 Å². The topological polar surface area (TPSA) is 133 Å². The molecule has 13 heteroatoms. The molecule has 0 saturated heterocycles. The van der Waals surface area contributed by atoms with Crippen LogP contribution in [0.4, 0.5) is 10.1 Å². The van der Waals surface area contributed by atoms with Crippen molar-refractivity contribution in [1.29, 1.82) is 0 Å². The fraction of sp³-hybridized carbons (Fsp3) is 0.367. The van der Waals surface area contributed by atoms with Crippen LogP contribution in [0.3, 0.4) is 0 Å². The molecular weight excluding hydrogens is 597 g/mol. The van der Waals surface area contributed by atoms with E-state index in [0.29, 0.717) is 11.3 Å². The van der Waals surface area contributed by atoms with Gasteiger partial charge in [0.2, 0.25) is 15.9 Å². The van der Waals surface area contributed by atoms with E-state index in [0.717, 1.165) is 29.8 Å². The van der Waals surface area contributed by atoms with Crippen LogP contribution in [0.1, 0.15) is 25.0 Å². The number of aliphatic hydroxyl groups is 1. The summed E-state index contributed by atoms with van der Waals surface area (Å²) in [6, 6.07) is 14.9. The molecule has 10 nitrogen and oxygen atoms in total. The van der Waals surface area contributed by atoms with Gasteiger partial charge in [-0.05, 0) is 68.4 Å². The molecule has 0 fully saturated rings. The van der Waals surface area contributed by atoms with Crippen molar-refractivity contribution in [3.05, 3.63) is 83.7 Å². The minimum absolute atomic E-state index is 0.0364. The number of ether oxygens (including phenoxy) is 1. The van der Waals surface area contributed by atoms with Gasteiger partial charge in [0.05, 0.1) is 35.4 Å². The van der Waals surface area contributed by atoms with E-state index in [9.17, 15) is 31.1 Å². The average molecular weight is 634 g/mol. The number of rotatable bonds is 9. The summed E-state index contributed by atoms with van der Waals surface area (Å²) < 4.78 is 75.9. The lowest BCUT2D eigenvalue weighted by Gasteiger charge is -2.33. The number of aryl methyl sites for hydroxylation is 1. The lowest BCUT2D eigenvalue weighted by molar-refractivity contribution is -0.134. The second kappa shape index (κ2) is 13.0. The summed E-state index contributed by atoms with van der Waals surface area (Å²) in [7, 11) is -6.45. The molecule has 1 amide bonds. The third-order valence-electron chi connectivity index (χ3n) is 7.46. The quantitative estimate of drug-likeness (QED) is 0.369. The number of likely N-dealkylation sites (N-methyl/N-ethyl adjacent to an activating group) is 1. The fourth-order valence-electron chi connectivity index (χ4n) is 4.78. The Kier molecular flexibility index (Phi) is 9.79. The van der Waals surface area contributed by atoms with Crippen LogP contribution in [-0.4, -0.2) is 75.9 Å². The number of carbonyl (C=O) groups is 1. The maximum absolute atomic E-state index is 13.5. The number of fused-ring (bicyclic) bond motifs is 1. The largest absolute Gasteiger partial charge is 0.488 e. The van der Waals surface area contributed by atoms with Crippen LogP contribution >= 0.6 is 0 Å². The number of hydrogen-bond acceptors (Lipinski definition) is 7. The first kappa shape index (κ1) is 32.4. The molecular formula is C30H36FN3O7S2. The smallest absolute Gasteiger partial charge is 0.261 e. The number of hydrogen-bond donors (Lipinski definition) is 2. The number of anilines is 1. The molecule has 0 radical (unpaired) electrons. The Hall–Kier alpha value is -3.52. The van der Waals surface area contributed by atoms with E-state index in [4.69, 9.17) is 4.74 Å². The summed E-state index contributed by atoms with van der Waals surface area (Å²) >= 11 is 0. The molecule has 0 saturated carbocycles. The lowest BCUT2D eigenvalue weighted by Crippen LogP contribution is -2.48. The highest BCUT2D eigenvalue weighted by Crippen LogP contribution is 2.30. The Morgan fingerprint density at radius 1 is 1.05 bits per heavy atom. The minimum atomic E-state index is -4.06. The molecule has 0 bridgehead atoms. The van der Waals surface area contributed by atoms with E-state index in [1.807, 2.05) is 13.8 Å². The maximum Gasteiger partial charge on any atom is 0.261 e. The van der Waals surface area contributed by atoms with Gasteiger partial charge in [-0.25, -0.2) is 21.2 Å². The SMILES string of the molecule is Cc1ccc(S(=O)(=O)N(C)C[C@H]2Oc3ccc(NS(=O)(=O)c4ccc(F)cc4)cc3CC(=O)N([C@@H](C)CO)C[C@H]2C)cc1. The van der Waals surface area contributed by atoms with E-state index in [1.54, 1.807) is 31.2 Å². The van der Waals surface area contributed by atoms with Gasteiger partial charge in [0.15, 0.2) is 0 Å². The molecule has 232 valence electrons. The Bertz CT molecular complexity index is 1660. The molecule has 3 atom stereocenters. The first-order chi connectivity index (χ1) is 20.2. The standard InChI is InChI=1S/C30H36FN3O7S2/c1-20-5-10-27(11-6-20)43(39,40)33(4)18-29-21(2)17-34(22(3)19-35)30(36)16-23-15-25(9-14-28(23)41-29)32-42(37,38)26-12-7-24(31)8-13-26/h5-15,21-22,29,32,35H,16-19H2,1-4H3/t21-,22+,29-/m1/s1. The number of halogens is 1. The maximum atomic E-state index is 13.5. The predicted molar refractivity (Wildman–Crippen MR) is 160 cm³/mol. The Morgan fingerprint density at radius 2 is 1.67 bits per heavy atom. The molecule has 2 N–H and O–H groups in total. The van der Waals surface area contributed by atoms with Gasteiger partial charge in [0.25, 0.3) is 10.0 Å². The van der Waals surface area contributed by atoms with Crippen LogP contribution in [0.25, 0.3) is 0 Å². The van der Waals surface area contributed by atoms with Crippen LogP contribution in [-0.2, 0) is 31.3 Å². The number of amides is 1. The van der Waals surface area contributed by atoms with Crippen molar-refractivity contribution >= 4 is 31.6 Å². The molecule has 4 rings (SSSR count). The van der Waals surface area contributed by atoms with Gasteiger partial charge in [-0.2, -0.15) is 4.31 Å². The highest BCUT2D eigenvalue weighted by Gasteiger charge is 2.33. The van der Waals surface area contributed by atoms with E-state index >= 15 is 0 Å². The molecule has 0 unspecified atom stereocenters. The molecule has 43 heavy (non-hydrogen) atoms. The zero-order valence-corrected chi connectivity index (χ0v) is 26.0. The van der Waals surface area contributed by atoms with Crippen LogP contribution in [0.15, 0.2) is 76.5 Å². The molecule has 1 aliphatic rings. The normalized spacial score (nSPS) is 18.7. The van der Waals surface area contributed by atoms with E-state index < -0.39 is 38.0 Å². The molecule has 3 aromatic carbocycles. The first-order valence-electron chi connectivity index (χ1n) is 13.7. The number of carbonyl (C=O) groups excluding carboxylic acids is 1. The van der Waals surface area contributed by atoms with Crippen LogP contribution in [0.2, 0.25) is 0 Å².